The minimum Gasteiger partial charge on any atom is -0.496 e. The maximum atomic E-state index is 11.7. The van der Waals surface area contributed by atoms with Crippen molar-refractivity contribution in [3.8, 4) is 5.75 Å². The van der Waals surface area contributed by atoms with Crippen molar-refractivity contribution in [2.45, 2.75) is 39.7 Å². The van der Waals surface area contributed by atoms with Gasteiger partial charge in [0.1, 0.15) is 5.75 Å². The summed E-state index contributed by atoms with van der Waals surface area (Å²) in [6.45, 7) is 5.96. The number of ether oxygens (including phenoxy) is 1. The largest absolute Gasteiger partial charge is 0.496 e. The molecule has 0 heterocycles. The number of benzene rings is 1. The summed E-state index contributed by atoms with van der Waals surface area (Å²) >= 11 is 0. The normalized spacial score (nSPS) is 13.4. The predicted octanol–water partition coefficient (Wildman–Crippen LogP) is 2.92. The molecule has 1 saturated carbocycles. The van der Waals surface area contributed by atoms with E-state index < -0.39 is 0 Å². The summed E-state index contributed by atoms with van der Waals surface area (Å²) in [6.07, 6.45) is 2.21. The summed E-state index contributed by atoms with van der Waals surface area (Å²) in [5, 5.41) is 2.95. The van der Waals surface area contributed by atoms with Gasteiger partial charge in [-0.05, 0) is 37.5 Å². The van der Waals surface area contributed by atoms with Gasteiger partial charge in [0.25, 0.3) is 5.91 Å². The van der Waals surface area contributed by atoms with Crippen LogP contribution in [0.2, 0.25) is 0 Å². The topological polar surface area (TPSA) is 38.3 Å². The molecule has 1 fully saturated rings. The molecule has 1 N–H and O–H groups in total. The third-order valence-electron chi connectivity index (χ3n) is 2.58. The van der Waals surface area contributed by atoms with Crippen LogP contribution < -0.4 is 10.1 Å². The zero-order valence-electron chi connectivity index (χ0n) is 11.0. The molecule has 0 unspecified atom stereocenters. The van der Waals surface area contributed by atoms with Crippen LogP contribution in [0, 0.1) is 6.92 Å². The van der Waals surface area contributed by atoms with Crippen molar-refractivity contribution >= 4 is 5.91 Å². The number of amides is 1. The molecule has 0 aliphatic heterocycles. The molecule has 1 aromatic rings. The lowest BCUT2D eigenvalue weighted by molar-refractivity contribution is 0.0950. The second kappa shape index (κ2) is 6.28. The molecule has 0 spiro atoms. The Hall–Kier alpha value is -1.51. The SMILES string of the molecule is CC.COc1cc(C(=O)NC2CC2)ccc1C. The van der Waals surface area contributed by atoms with Crippen LogP contribution in [0.15, 0.2) is 18.2 Å². The number of carbonyl (C=O) groups is 1. The number of carbonyl (C=O) groups excluding carboxylic acids is 1. The lowest BCUT2D eigenvalue weighted by Gasteiger charge is -2.07. The van der Waals surface area contributed by atoms with E-state index >= 15 is 0 Å². The van der Waals surface area contributed by atoms with E-state index in [2.05, 4.69) is 5.32 Å². The highest BCUT2D eigenvalue weighted by molar-refractivity contribution is 5.95. The first-order valence-electron chi connectivity index (χ1n) is 6.16. The van der Waals surface area contributed by atoms with Crippen LogP contribution in [0.4, 0.5) is 0 Å². The molecular formula is C14H21NO2. The Labute approximate surface area is 103 Å². The maximum absolute atomic E-state index is 11.7. The van der Waals surface area contributed by atoms with Crippen molar-refractivity contribution in [3.05, 3.63) is 29.3 Å². The average molecular weight is 235 g/mol. The molecule has 3 heteroatoms. The van der Waals surface area contributed by atoms with E-state index in [9.17, 15) is 4.79 Å². The molecule has 17 heavy (non-hydrogen) atoms. The molecule has 94 valence electrons. The minimum absolute atomic E-state index is 0.00389. The van der Waals surface area contributed by atoms with Crippen molar-refractivity contribution in [3.63, 3.8) is 0 Å². The Kier molecular flexibility index (Phi) is 5.01. The second-order valence-electron chi connectivity index (χ2n) is 3.93. The van der Waals surface area contributed by atoms with Gasteiger partial charge in [-0.25, -0.2) is 0 Å². The standard InChI is InChI=1S/C12H15NO2.C2H6/c1-8-3-4-9(7-11(8)15-2)12(14)13-10-5-6-10;1-2/h3-4,7,10H,5-6H2,1-2H3,(H,13,14);1-2H3. The molecule has 0 saturated heterocycles. The molecule has 0 bridgehead atoms. The van der Waals surface area contributed by atoms with Gasteiger partial charge in [0.05, 0.1) is 7.11 Å². The van der Waals surface area contributed by atoms with Crippen molar-refractivity contribution in [1.29, 1.82) is 0 Å². The molecule has 2 rings (SSSR count). The van der Waals surface area contributed by atoms with E-state index in [0.29, 0.717) is 11.6 Å². The Balaban J connectivity index is 0.000000686. The van der Waals surface area contributed by atoms with Gasteiger partial charge in [-0.2, -0.15) is 0 Å². The van der Waals surface area contributed by atoms with Crippen molar-refractivity contribution in [2.24, 2.45) is 0 Å². The number of aryl methyl sites for hydroxylation is 1. The van der Waals surface area contributed by atoms with Gasteiger partial charge >= 0.3 is 0 Å². The van der Waals surface area contributed by atoms with Crippen molar-refractivity contribution in [1.82, 2.24) is 5.32 Å². The summed E-state index contributed by atoms with van der Waals surface area (Å²) in [7, 11) is 1.62. The highest BCUT2D eigenvalue weighted by Crippen LogP contribution is 2.22. The zero-order chi connectivity index (χ0) is 12.8. The van der Waals surface area contributed by atoms with Crippen LogP contribution in [-0.2, 0) is 0 Å². The quantitative estimate of drug-likeness (QED) is 0.874. The van der Waals surface area contributed by atoms with Gasteiger partial charge < -0.3 is 10.1 Å². The molecule has 1 aromatic carbocycles. The summed E-state index contributed by atoms with van der Waals surface area (Å²) in [4.78, 5) is 11.7. The Morgan fingerprint density at radius 2 is 2.00 bits per heavy atom. The molecule has 0 aromatic heterocycles. The first-order chi connectivity index (χ1) is 8.20. The van der Waals surface area contributed by atoms with Crippen LogP contribution in [-0.4, -0.2) is 19.1 Å². The van der Waals surface area contributed by atoms with Crippen molar-refractivity contribution < 1.29 is 9.53 Å². The minimum atomic E-state index is -0.00389. The molecule has 1 aliphatic rings. The van der Waals surface area contributed by atoms with Gasteiger partial charge in [0.15, 0.2) is 0 Å². The summed E-state index contributed by atoms with van der Waals surface area (Å²) in [5.41, 5.74) is 1.71. The van der Waals surface area contributed by atoms with Crippen molar-refractivity contribution in [2.75, 3.05) is 7.11 Å². The first kappa shape index (κ1) is 13.6. The Morgan fingerprint density at radius 3 is 2.53 bits per heavy atom. The smallest absolute Gasteiger partial charge is 0.251 e. The molecule has 0 atom stereocenters. The number of methoxy groups -OCH3 is 1. The van der Waals surface area contributed by atoms with Crippen LogP contribution >= 0.6 is 0 Å². The molecule has 1 aliphatic carbocycles. The number of hydrogen-bond acceptors (Lipinski definition) is 2. The third-order valence-corrected chi connectivity index (χ3v) is 2.58. The zero-order valence-corrected chi connectivity index (χ0v) is 11.0. The number of nitrogens with one attached hydrogen (secondary N) is 1. The van der Waals surface area contributed by atoms with E-state index in [1.165, 1.54) is 0 Å². The van der Waals surface area contributed by atoms with Crippen LogP contribution in [0.5, 0.6) is 5.75 Å². The highest BCUT2D eigenvalue weighted by Gasteiger charge is 2.23. The number of rotatable bonds is 3. The molecule has 0 radical (unpaired) electrons. The monoisotopic (exact) mass is 235 g/mol. The number of hydrogen-bond donors (Lipinski definition) is 1. The fourth-order valence-electron chi connectivity index (χ4n) is 1.46. The maximum Gasteiger partial charge on any atom is 0.251 e. The Bertz CT molecular complexity index is 384. The van der Waals surface area contributed by atoms with E-state index in [1.54, 1.807) is 13.2 Å². The van der Waals surface area contributed by atoms with Crippen LogP contribution in [0.25, 0.3) is 0 Å². The van der Waals surface area contributed by atoms with E-state index in [-0.39, 0.29) is 5.91 Å². The Morgan fingerprint density at radius 1 is 1.35 bits per heavy atom. The lowest BCUT2D eigenvalue weighted by Crippen LogP contribution is -2.25. The van der Waals surface area contributed by atoms with Gasteiger partial charge in [0, 0.05) is 11.6 Å². The van der Waals surface area contributed by atoms with E-state index in [1.807, 2.05) is 32.9 Å². The molecular weight excluding hydrogens is 214 g/mol. The summed E-state index contributed by atoms with van der Waals surface area (Å²) in [6, 6.07) is 5.91. The fraction of sp³-hybridized carbons (Fsp3) is 0.500. The van der Waals surface area contributed by atoms with E-state index in [0.717, 1.165) is 24.2 Å². The van der Waals surface area contributed by atoms with Gasteiger partial charge in [-0.15, -0.1) is 0 Å². The summed E-state index contributed by atoms with van der Waals surface area (Å²) in [5.74, 6) is 0.759. The van der Waals surface area contributed by atoms with Crippen LogP contribution in [0.1, 0.15) is 42.6 Å². The molecule has 3 nitrogen and oxygen atoms in total. The molecule has 1 amide bonds. The van der Waals surface area contributed by atoms with Gasteiger partial charge in [-0.3, -0.25) is 4.79 Å². The second-order valence-corrected chi connectivity index (χ2v) is 3.93. The predicted molar refractivity (Wildman–Crippen MR) is 69.6 cm³/mol. The van der Waals surface area contributed by atoms with Gasteiger partial charge in [-0.1, -0.05) is 19.9 Å². The first-order valence-corrected chi connectivity index (χ1v) is 6.16. The van der Waals surface area contributed by atoms with Gasteiger partial charge in [0.2, 0.25) is 0 Å². The van der Waals surface area contributed by atoms with E-state index in [4.69, 9.17) is 4.74 Å². The highest BCUT2D eigenvalue weighted by atomic mass is 16.5. The lowest BCUT2D eigenvalue weighted by atomic mass is 10.1. The fourth-order valence-corrected chi connectivity index (χ4v) is 1.46. The summed E-state index contributed by atoms with van der Waals surface area (Å²) < 4.78 is 5.18. The van der Waals surface area contributed by atoms with Crippen LogP contribution in [0.3, 0.4) is 0 Å². The average Bonchev–Trinajstić information content (AvgIpc) is 3.16. The third kappa shape index (κ3) is 3.77.